The van der Waals surface area contributed by atoms with Gasteiger partial charge in [-0.05, 0) is 38.8 Å². The molecule has 2 fully saturated rings. The monoisotopic (exact) mass is 283 g/mol. The number of amides is 1. The molecule has 2 N–H and O–H groups in total. The number of nitrogens with zero attached hydrogens (tertiary/aromatic N) is 2. The Hall–Kier alpha value is -0.650. The first-order chi connectivity index (χ1) is 9.79. The Labute approximate surface area is 122 Å². The van der Waals surface area contributed by atoms with Crippen LogP contribution in [0.4, 0.5) is 0 Å². The van der Waals surface area contributed by atoms with Gasteiger partial charge in [0.15, 0.2) is 0 Å². The number of hydrogen-bond donors (Lipinski definition) is 1. The molecular weight excluding hydrogens is 254 g/mol. The summed E-state index contributed by atoms with van der Waals surface area (Å²) in [6, 6.07) is 0. The van der Waals surface area contributed by atoms with Crippen LogP contribution in [0.15, 0.2) is 0 Å². The van der Waals surface area contributed by atoms with E-state index in [2.05, 4.69) is 4.90 Å². The molecule has 2 rings (SSSR count). The van der Waals surface area contributed by atoms with Crippen molar-refractivity contribution in [2.24, 2.45) is 5.73 Å². The molecule has 1 atom stereocenters. The molecule has 1 unspecified atom stereocenters. The van der Waals surface area contributed by atoms with Gasteiger partial charge in [-0.25, -0.2) is 0 Å². The minimum absolute atomic E-state index is 0.178. The third-order valence-corrected chi connectivity index (χ3v) is 4.33. The van der Waals surface area contributed by atoms with Crippen molar-refractivity contribution in [2.45, 2.75) is 44.6 Å². The first kappa shape index (κ1) is 15.7. The maximum atomic E-state index is 12.2. The maximum Gasteiger partial charge on any atom is 0.225 e. The van der Waals surface area contributed by atoms with E-state index in [1.54, 1.807) is 0 Å². The molecule has 0 aromatic rings. The van der Waals surface area contributed by atoms with Gasteiger partial charge < -0.3 is 15.4 Å². The van der Waals surface area contributed by atoms with Gasteiger partial charge in [0.1, 0.15) is 0 Å². The number of unbranched alkanes of at least 4 members (excludes halogenated alkanes) is 2. The van der Waals surface area contributed by atoms with E-state index in [1.165, 1.54) is 12.8 Å². The second kappa shape index (κ2) is 8.60. The lowest BCUT2D eigenvalue weighted by Gasteiger charge is -2.35. The van der Waals surface area contributed by atoms with Gasteiger partial charge in [-0.3, -0.25) is 9.69 Å². The van der Waals surface area contributed by atoms with Crippen molar-refractivity contribution < 1.29 is 9.53 Å². The van der Waals surface area contributed by atoms with E-state index in [0.717, 1.165) is 65.1 Å². The van der Waals surface area contributed by atoms with E-state index in [1.807, 2.05) is 4.90 Å². The van der Waals surface area contributed by atoms with Crippen LogP contribution in [0.3, 0.4) is 0 Å². The van der Waals surface area contributed by atoms with Crippen LogP contribution in [-0.4, -0.2) is 67.7 Å². The number of carbonyl (C=O) groups is 1. The molecule has 5 heteroatoms. The predicted octanol–water partition coefficient (Wildman–Crippen LogP) is 0.829. The summed E-state index contributed by atoms with van der Waals surface area (Å²) < 4.78 is 5.54. The van der Waals surface area contributed by atoms with Crippen LogP contribution < -0.4 is 5.73 Å². The molecular formula is C15H29N3O2. The molecule has 0 aliphatic carbocycles. The van der Waals surface area contributed by atoms with E-state index >= 15 is 0 Å². The second-order valence-electron chi connectivity index (χ2n) is 5.91. The molecule has 0 aromatic carbocycles. The van der Waals surface area contributed by atoms with Crippen LogP contribution in [0.25, 0.3) is 0 Å². The fraction of sp³-hybridized carbons (Fsp3) is 0.933. The number of hydrogen-bond acceptors (Lipinski definition) is 4. The van der Waals surface area contributed by atoms with Gasteiger partial charge in [-0.1, -0.05) is 6.42 Å². The second-order valence-corrected chi connectivity index (χ2v) is 5.91. The summed E-state index contributed by atoms with van der Waals surface area (Å²) >= 11 is 0. The molecule has 20 heavy (non-hydrogen) atoms. The summed E-state index contributed by atoms with van der Waals surface area (Å²) in [5.74, 6) is 0.277. The molecule has 0 aromatic heterocycles. The molecule has 116 valence electrons. The van der Waals surface area contributed by atoms with Gasteiger partial charge >= 0.3 is 0 Å². The lowest BCUT2D eigenvalue weighted by molar-refractivity contribution is -0.135. The average Bonchev–Trinajstić information content (AvgIpc) is 2.97. The van der Waals surface area contributed by atoms with Crippen molar-refractivity contribution in [3.8, 4) is 0 Å². The highest BCUT2D eigenvalue weighted by atomic mass is 16.5. The van der Waals surface area contributed by atoms with Gasteiger partial charge in [0.25, 0.3) is 0 Å². The van der Waals surface area contributed by atoms with Crippen molar-refractivity contribution in [1.29, 1.82) is 0 Å². The highest BCUT2D eigenvalue weighted by molar-refractivity contribution is 5.76. The van der Waals surface area contributed by atoms with Crippen molar-refractivity contribution >= 4 is 5.91 Å². The summed E-state index contributed by atoms with van der Waals surface area (Å²) in [4.78, 5) is 16.7. The summed E-state index contributed by atoms with van der Waals surface area (Å²) in [5.41, 5.74) is 5.50. The first-order valence-electron chi connectivity index (χ1n) is 8.11. The lowest BCUT2D eigenvalue weighted by atomic mass is 10.1. The Balaban J connectivity index is 1.59. The zero-order valence-corrected chi connectivity index (χ0v) is 12.6. The third kappa shape index (κ3) is 5.04. The normalized spacial score (nSPS) is 24.2. The molecule has 0 saturated carbocycles. The van der Waals surface area contributed by atoms with Crippen LogP contribution in [0.1, 0.15) is 38.5 Å². The van der Waals surface area contributed by atoms with Gasteiger partial charge in [0.2, 0.25) is 5.91 Å². The lowest BCUT2D eigenvalue weighted by Crippen LogP contribution is -2.49. The number of nitrogens with two attached hydrogens (primary N) is 1. The van der Waals surface area contributed by atoms with Crippen molar-refractivity contribution in [1.82, 2.24) is 9.80 Å². The van der Waals surface area contributed by atoms with Crippen molar-refractivity contribution in [3.63, 3.8) is 0 Å². The Morgan fingerprint density at radius 2 is 1.95 bits per heavy atom. The topological polar surface area (TPSA) is 58.8 Å². The SMILES string of the molecule is NCCCCCN1CCN(C(=O)CC2CCCO2)CC1. The molecule has 2 saturated heterocycles. The minimum Gasteiger partial charge on any atom is -0.378 e. The molecule has 2 aliphatic rings. The Morgan fingerprint density at radius 3 is 2.60 bits per heavy atom. The fourth-order valence-corrected chi connectivity index (χ4v) is 3.01. The van der Waals surface area contributed by atoms with Gasteiger partial charge in [-0.15, -0.1) is 0 Å². The van der Waals surface area contributed by atoms with Crippen molar-refractivity contribution in [3.05, 3.63) is 0 Å². The zero-order valence-electron chi connectivity index (χ0n) is 12.6. The van der Waals surface area contributed by atoms with Crippen molar-refractivity contribution in [2.75, 3.05) is 45.9 Å². The van der Waals surface area contributed by atoms with E-state index < -0.39 is 0 Å². The number of rotatable bonds is 7. The van der Waals surface area contributed by atoms with Crippen LogP contribution >= 0.6 is 0 Å². The van der Waals surface area contributed by atoms with Crippen LogP contribution in [0, 0.1) is 0 Å². The zero-order chi connectivity index (χ0) is 14.2. The molecule has 5 nitrogen and oxygen atoms in total. The molecule has 2 aliphatic heterocycles. The minimum atomic E-state index is 0.178. The largest absolute Gasteiger partial charge is 0.378 e. The summed E-state index contributed by atoms with van der Waals surface area (Å²) in [6.45, 7) is 6.55. The first-order valence-corrected chi connectivity index (χ1v) is 8.11. The smallest absolute Gasteiger partial charge is 0.225 e. The van der Waals surface area contributed by atoms with E-state index in [9.17, 15) is 4.79 Å². The molecule has 1 amide bonds. The molecule has 0 bridgehead atoms. The predicted molar refractivity (Wildman–Crippen MR) is 79.5 cm³/mol. The third-order valence-electron chi connectivity index (χ3n) is 4.33. The summed E-state index contributed by atoms with van der Waals surface area (Å²) in [5, 5.41) is 0. The summed E-state index contributed by atoms with van der Waals surface area (Å²) in [7, 11) is 0. The fourth-order valence-electron chi connectivity index (χ4n) is 3.01. The van der Waals surface area contributed by atoms with E-state index in [-0.39, 0.29) is 12.0 Å². The number of ether oxygens (including phenoxy) is 1. The average molecular weight is 283 g/mol. The van der Waals surface area contributed by atoms with Crippen LogP contribution in [0.5, 0.6) is 0 Å². The summed E-state index contributed by atoms with van der Waals surface area (Å²) in [6.07, 6.45) is 6.48. The van der Waals surface area contributed by atoms with Gasteiger partial charge in [0.05, 0.1) is 12.5 Å². The molecule has 0 spiro atoms. The highest BCUT2D eigenvalue weighted by Crippen LogP contribution is 2.17. The van der Waals surface area contributed by atoms with Gasteiger partial charge in [-0.2, -0.15) is 0 Å². The molecule has 0 radical (unpaired) electrons. The van der Waals surface area contributed by atoms with E-state index in [4.69, 9.17) is 10.5 Å². The van der Waals surface area contributed by atoms with Gasteiger partial charge in [0, 0.05) is 32.8 Å². The number of piperazine rings is 1. The maximum absolute atomic E-state index is 12.2. The van der Waals surface area contributed by atoms with Crippen LogP contribution in [0.2, 0.25) is 0 Å². The quantitative estimate of drug-likeness (QED) is 0.703. The standard InChI is InChI=1S/C15H29N3O2/c16-6-2-1-3-7-17-8-10-18(11-9-17)15(19)13-14-5-4-12-20-14/h14H,1-13,16H2. The Kier molecular flexibility index (Phi) is 6.76. The Bertz CT molecular complexity index is 285. The Morgan fingerprint density at radius 1 is 1.15 bits per heavy atom. The molecule has 2 heterocycles. The van der Waals surface area contributed by atoms with Crippen LogP contribution in [-0.2, 0) is 9.53 Å². The van der Waals surface area contributed by atoms with E-state index in [0.29, 0.717) is 6.42 Å². The highest BCUT2D eigenvalue weighted by Gasteiger charge is 2.25. The number of carbonyl (C=O) groups excluding carboxylic acids is 1.